The van der Waals surface area contributed by atoms with Crippen LogP contribution in [-0.4, -0.2) is 45.8 Å². The third-order valence-corrected chi connectivity index (χ3v) is 3.40. The zero-order chi connectivity index (χ0) is 13.8. The predicted molar refractivity (Wildman–Crippen MR) is 68.6 cm³/mol. The number of carbonyl (C=O) groups excluding carboxylic acids is 1. The molecule has 1 aromatic rings. The smallest absolute Gasteiger partial charge is 0.316 e. The monoisotopic (exact) mass is 267 g/mol. The minimum Gasteiger partial charge on any atom is -0.396 e. The van der Waals surface area contributed by atoms with Gasteiger partial charge in [-0.15, -0.1) is 0 Å². The normalized spacial score (nSPS) is 17.2. The van der Waals surface area contributed by atoms with Crippen molar-refractivity contribution in [1.82, 2.24) is 15.0 Å². The quantitative estimate of drug-likeness (QED) is 0.884. The highest BCUT2D eigenvalue weighted by Crippen LogP contribution is 2.18. The number of nitrogens with zero attached hydrogens (tertiary/aromatic N) is 3. The van der Waals surface area contributed by atoms with Crippen molar-refractivity contribution in [3.63, 3.8) is 0 Å². The summed E-state index contributed by atoms with van der Waals surface area (Å²) < 4.78 is 5.03. The van der Waals surface area contributed by atoms with Crippen molar-refractivity contribution in [3.05, 3.63) is 11.7 Å². The van der Waals surface area contributed by atoms with Crippen LogP contribution < -0.4 is 0 Å². The number of hydrogen-bond donors (Lipinski definition) is 1. The van der Waals surface area contributed by atoms with E-state index in [0.717, 1.165) is 12.8 Å². The standard InChI is InChI=1S/C13H21N3O3/c1-9(2)7-11-14-12(19-15-11)13(18)16-5-3-10(8-17)4-6-16/h9-10,17H,3-8H2,1-2H3. The maximum absolute atomic E-state index is 12.2. The minimum atomic E-state index is -0.195. The first-order valence-corrected chi connectivity index (χ1v) is 6.83. The molecule has 6 heteroatoms. The average molecular weight is 267 g/mol. The van der Waals surface area contributed by atoms with Gasteiger partial charge in [-0.05, 0) is 24.7 Å². The number of aliphatic hydroxyl groups excluding tert-OH is 1. The van der Waals surface area contributed by atoms with Crippen molar-refractivity contribution in [1.29, 1.82) is 0 Å². The molecular formula is C13H21N3O3. The molecule has 0 bridgehead atoms. The highest BCUT2D eigenvalue weighted by atomic mass is 16.5. The van der Waals surface area contributed by atoms with Crippen LogP contribution in [0.3, 0.4) is 0 Å². The summed E-state index contributed by atoms with van der Waals surface area (Å²) >= 11 is 0. The number of hydrogen-bond acceptors (Lipinski definition) is 5. The molecule has 0 saturated carbocycles. The zero-order valence-electron chi connectivity index (χ0n) is 11.5. The van der Waals surface area contributed by atoms with E-state index in [0.29, 0.717) is 37.2 Å². The summed E-state index contributed by atoms with van der Waals surface area (Å²) in [5.74, 6) is 1.21. The van der Waals surface area contributed by atoms with E-state index in [9.17, 15) is 4.79 Å². The predicted octanol–water partition coefficient (Wildman–Crippen LogP) is 1.11. The lowest BCUT2D eigenvalue weighted by molar-refractivity contribution is 0.0603. The highest BCUT2D eigenvalue weighted by Gasteiger charge is 2.26. The second-order valence-electron chi connectivity index (χ2n) is 5.53. The van der Waals surface area contributed by atoms with Gasteiger partial charge in [0.1, 0.15) is 0 Å². The number of aromatic nitrogens is 2. The topological polar surface area (TPSA) is 79.5 Å². The van der Waals surface area contributed by atoms with E-state index in [1.165, 1.54) is 0 Å². The van der Waals surface area contributed by atoms with Crippen molar-refractivity contribution in [3.8, 4) is 0 Å². The molecule has 1 fully saturated rings. The molecule has 1 aliphatic rings. The van der Waals surface area contributed by atoms with Crippen LogP contribution in [0.15, 0.2) is 4.52 Å². The van der Waals surface area contributed by atoms with Gasteiger partial charge >= 0.3 is 11.8 Å². The first-order chi connectivity index (χ1) is 9.10. The third-order valence-electron chi connectivity index (χ3n) is 3.40. The molecule has 0 unspecified atom stereocenters. The van der Waals surface area contributed by atoms with Crippen LogP contribution in [0.25, 0.3) is 0 Å². The van der Waals surface area contributed by atoms with Crippen LogP contribution in [0, 0.1) is 11.8 Å². The Morgan fingerprint density at radius 3 is 2.74 bits per heavy atom. The lowest BCUT2D eigenvalue weighted by Gasteiger charge is -2.29. The molecule has 6 nitrogen and oxygen atoms in total. The lowest BCUT2D eigenvalue weighted by atomic mass is 9.98. The van der Waals surface area contributed by atoms with Crippen molar-refractivity contribution in [2.45, 2.75) is 33.1 Å². The molecule has 2 rings (SSSR count). The first kappa shape index (κ1) is 14.0. The van der Waals surface area contributed by atoms with Gasteiger partial charge in [-0.2, -0.15) is 4.98 Å². The van der Waals surface area contributed by atoms with E-state index in [1.54, 1.807) is 4.90 Å². The third kappa shape index (κ3) is 3.53. The van der Waals surface area contributed by atoms with Crippen LogP contribution in [0.1, 0.15) is 43.2 Å². The van der Waals surface area contributed by atoms with Crippen LogP contribution >= 0.6 is 0 Å². The largest absolute Gasteiger partial charge is 0.396 e. The molecule has 0 aliphatic carbocycles. The number of amides is 1. The molecule has 1 aromatic heterocycles. The van der Waals surface area contributed by atoms with Crippen LogP contribution in [-0.2, 0) is 6.42 Å². The van der Waals surface area contributed by atoms with Gasteiger partial charge < -0.3 is 14.5 Å². The molecule has 19 heavy (non-hydrogen) atoms. The van der Waals surface area contributed by atoms with Crippen LogP contribution in [0.5, 0.6) is 0 Å². The number of likely N-dealkylation sites (tertiary alicyclic amines) is 1. The molecule has 1 aliphatic heterocycles. The van der Waals surface area contributed by atoms with Gasteiger partial charge in [-0.1, -0.05) is 19.0 Å². The van der Waals surface area contributed by atoms with Gasteiger partial charge in [0.2, 0.25) is 0 Å². The van der Waals surface area contributed by atoms with Crippen LogP contribution in [0.2, 0.25) is 0 Å². The van der Waals surface area contributed by atoms with Crippen molar-refractivity contribution < 1.29 is 14.4 Å². The summed E-state index contributed by atoms with van der Waals surface area (Å²) in [6.07, 6.45) is 2.37. The molecule has 0 spiro atoms. The Hall–Kier alpha value is -1.43. The molecule has 0 aromatic carbocycles. The van der Waals surface area contributed by atoms with Gasteiger partial charge in [-0.3, -0.25) is 4.79 Å². The van der Waals surface area contributed by atoms with Gasteiger partial charge in [0.15, 0.2) is 5.82 Å². The SMILES string of the molecule is CC(C)Cc1noc(C(=O)N2CCC(CO)CC2)n1. The Morgan fingerprint density at radius 1 is 1.47 bits per heavy atom. The summed E-state index contributed by atoms with van der Waals surface area (Å²) in [4.78, 5) is 18.0. The van der Waals surface area contributed by atoms with Crippen LogP contribution in [0.4, 0.5) is 0 Å². The Labute approximate surface area is 112 Å². The van der Waals surface area contributed by atoms with Gasteiger partial charge in [-0.25, -0.2) is 0 Å². The second-order valence-corrected chi connectivity index (χ2v) is 5.53. The summed E-state index contributed by atoms with van der Waals surface area (Å²) in [6, 6.07) is 0. The average Bonchev–Trinajstić information content (AvgIpc) is 2.85. The van der Waals surface area contributed by atoms with E-state index < -0.39 is 0 Å². The van der Waals surface area contributed by atoms with Gasteiger partial charge in [0, 0.05) is 26.1 Å². The molecule has 1 amide bonds. The molecular weight excluding hydrogens is 246 g/mol. The van der Waals surface area contributed by atoms with E-state index in [-0.39, 0.29) is 18.4 Å². The van der Waals surface area contributed by atoms with Crippen molar-refractivity contribution >= 4 is 5.91 Å². The molecule has 1 N–H and O–H groups in total. The summed E-state index contributed by atoms with van der Waals surface area (Å²) in [6.45, 7) is 5.62. The van der Waals surface area contributed by atoms with E-state index in [4.69, 9.17) is 9.63 Å². The molecule has 1 saturated heterocycles. The fourth-order valence-electron chi connectivity index (χ4n) is 2.24. The van der Waals surface area contributed by atoms with Crippen molar-refractivity contribution in [2.24, 2.45) is 11.8 Å². The van der Waals surface area contributed by atoms with Gasteiger partial charge in [0.05, 0.1) is 0 Å². The first-order valence-electron chi connectivity index (χ1n) is 6.83. The number of carbonyl (C=O) groups is 1. The molecule has 0 radical (unpaired) electrons. The summed E-state index contributed by atoms with van der Waals surface area (Å²) in [5, 5.41) is 12.9. The Bertz CT molecular complexity index is 423. The minimum absolute atomic E-state index is 0.0816. The van der Waals surface area contributed by atoms with Crippen molar-refractivity contribution in [2.75, 3.05) is 19.7 Å². The second kappa shape index (κ2) is 6.14. The maximum atomic E-state index is 12.2. The maximum Gasteiger partial charge on any atom is 0.316 e. The zero-order valence-corrected chi connectivity index (χ0v) is 11.5. The van der Waals surface area contributed by atoms with E-state index in [1.807, 2.05) is 0 Å². The number of rotatable bonds is 4. The Kier molecular flexibility index (Phi) is 4.52. The van der Waals surface area contributed by atoms with E-state index in [2.05, 4.69) is 24.0 Å². The van der Waals surface area contributed by atoms with Gasteiger partial charge in [0.25, 0.3) is 0 Å². The number of aliphatic hydroxyl groups is 1. The Balaban J connectivity index is 1.94. The highest BCUT2D eigenvalue weighted by molar-refractivity contribution is 5.89. The number of piperidine rings is 1. The summed E-state index contributed by atoms with van der Waals surface area (Å²) in [7, 11) is 0. The Morgan fingerprint density at radius 2 is 2.16 bits per heavy atom. The lowest BCUT2D eigenvalue weighted by Crippen LogP contribution is -2.39. The molecule has 2 heterocycles. The molecule has 0 atom stereocenters. The molecule has 106 valence electrons. The van der Waals surface area contributed by atoms with E-state index >= 15 is 0 Å². The summed E-state index contributed by atoms with van der Waals surface area (Å²) in [5.41, 5.74) is 0. The fraction of sp³-hybridized carbons (Fsp3) is 0.769. The fourth-order valence-corrected chi connectivity index (χ4v) is 2.24.